The highest BCUT2D eigenvalue weighted by atomic mass is 32.2. The minimum absolute atomic E-state index is 0.447. The van der Waals surface area contributed by atoms with Crippen molar-refractivity contribution in [3.63, 3.8) is 0 Å². The quantitative estimate of drug-likeness (QED) is 0.732. The summed E-state index contributed by atoms with van der Waals surface area (Å²) in [7, 11) is 0. The molecular formula is C11H17NO2S. The van der Waals surface area contributed by atoms with E-state index in [0.29, 0.717) is 6.54 Å². The first kappa shape index (κ1) is 12.4. The number of rotatable bonds is 6. The monoisotopic (exact) mass is 227 g/mol. The Bertz CT molecular complexity index is 328. The third-order valence-electron chi connectivity index (χ3n) is 2.30. The van der Waals surface area contributed by atoms with Crippen LogP contribution < -0.4 is 4.72 Å². The maximum Gasteiger partial charge on any atom is 0.232 e. The van der Waals surface area contributed by atoms with E-state index in [1.807, 2.05) is 18.2 Å². The Morgan fingerprint density at radius 3 is 2.60 bits per heavy atom. The number of nitrogens with one attached hydrogen (secondary N) is 1. The number of hydrogen-bond acceptors (Lipinski definition) is 1. The van der Waals surface area contributed by atoms with Crippen molar-refractivity contribution in [2.24, 2.45) is 0 Å². The van der Waals surface area contributed by atoms with Crippen LogP contribution in [0.4, 0.5) is 0 Å². The normalized spacial score (nSPS) is 12.7. The number of unbranched alkanes of at least 4 members (excludes halogenated alkanes) is 1. The molecule has 84 valence electrons. The molecular weight excluding hydrogens is 210 g/mol. The number of benzene rings is 1. The van der Waals surface area contributed by atoms with E-state index in [9.17, 15) is 4.21 Å². The van der Waals surface area contributed by atoms with Gasteiger partial charge in [0.1, 0.15) is 0 Å². The highest BCUT2D eigenvalue weighted by Crippen LogP contribution is 2.11. The van der Waals surface area contributed by atoms with Gasteiger partial charge in [0.25, 0.3) is 0 Å². The Labute approximate surface area is 93.3 Å². The van der Waals surface area contributed by atoms with E-state index in [1.165, 1.54) is 5.56 Å². The van der Waals surface area contributed by atoms with E-state index in [0.717, 1.165) is 24.8 Å². The predicted molar refractivity (Wildman–Crippen MR) is 62.7 cm³/mol. The van der Waals surface area contributed by atoms with Crippen molar-refractivity contribution >= 4 is 11.3 Å². The van der Waals surface area contributed by atoms with Crippen LogP contribution in [-0.4, -0.2) is 8.76 Å². The summed E-state index contributed by atoms with van der Waals surface area (Å²) < 4.78 is 21.6. The lowest BCUT2D eigenvalue weighted by molar-refractivity contribution is 0.548. The summed E-state index contributed by atoms with van der Waals surface area (Å²) in [5.74, 6) is 0. The highest BCUT2D eigenvalue weighted by molar-refractivity contribution is 7.77. The Kier molecular flexibility index (Phi) is 5.53. The van der Waals surface area contributed by atoms with Gasteiger partial charge < -0.3 is 0 Å². The van der Waals surface area contributed by atoms with Crippen LogP contribution in [0.1, 0.15) is 30.9 Å². The molecule has 0 aliphatic heterocycles. The van der Waals surface area contributed by atoms with Gasteiger partial charge in [-0.2, -0.15) is 0 Å². The van der Waals surface area contributed by atoms with Crippen molar-refractivity contribution < 1.29 is 8.76 Å². The average Bonchev–Trinajstić information content (AvgIpc) is 2.24. The maximum atomic E-state index is 10.5. The summed E-state index contributed by atoms with van der Waals surface area (Å²) in [5, 5.41) is 0. The molecule has 0 heterocycles. The van der Waals surface area contributed by atoms with Gasteiger partial charge in [-0.25, -0.2) is 8.93 Å². The fourth-order valence-electron chi connectivity index (χ4n) is 1.48. The number of hydrogen-bond donors (Lipinski definition) is 2. The van der Waals surface area contributed by atoms with Gasteiger partial charge in [-0.15, -0.1) is 0 Å². The first-order chi connectivity index (χ1) is 7.24. The third-order valence-corrected chi connectivity index (χ3v) is 2.70. The topological polar surface area (TPSA) is 49.3 Å². The summed E-state index contributed by atoms with van der Waals surface area (Å²) in [6.07, 6.45) is 3.35. The van der Waals surface area contributed by atoms with E-state index < -0.39 is 11.3 Å². The molecule has 0 aromatic heterocycles. The lowest BCUT2D eigenvalue weighted by atomic mass is 10.0. The van der Waals surface area contributed by atoms with Crippen molar-refractivity contribution in [2.75, 3.05) is 0 Å². The number of aryl methyl sites for hydroxylation is 1. The fraction of sp³-hybridized carbons (Fsp3) is 0.455. The smallest absolute Gasteiger partial charge is 0.232 e. The maximum absolute atomic E-state index is 10.5. The molecule has 15 heavy (non-hydrogen) atoms. The molecule has 2 N–H and O–H groups in total. The molecule has 3 nitrogen and oxygen atoms in total. The molecule has 0 radical (unpaired) electrons. The Hall–Kier alpha value is -0.710. The van der Waals surface area contributed by atoms with E-state index in [-0.39, 0.29) is 0 Å². The molecule has 4 heteroatoms. The van der Waals surface area contributed by atoms with Crippen molar-refractivity contribution in [3.8, 4) is 0 Å². The molecule has 0 aliphatic rings. The molecule has 1 atom stereocenters. The van der Waals surface area contributed by atoms with E-state index in [1.54, 1.807) is 0 Å². The first-order valence-corrected chi connectivity index (χ1v) is 6.26. The lowest BCUT2D eigenvalue weighted by Gasteiger charge is -2.08. The molecule has 0 spiro atoms. The molecule has 1 unspecified atom stereocenters. The summed E-state index contributed by atoms with van der Waals surface area (Å²) >= 11 is -1.93. The molecule has 0 fully saturated rings. The molecule has 1 rings (SSSR count). The van der Waals surface area contributed by atoms with E-state index in [4.69, 9.17) is 4.55 Å². The minimum atomic E-state index is -1.93. The van der Waals surface area contributed by atoms with Crippen LogP contribution in [0, 0.1) is 0 Å². The second-order valence-electron chi connectivity index (χ2n) is 3.44. The van der Waals surface area contributed by atoms with Gasteiger partial charge in [0.2, 0.25) is 11.3 Å². The Morgan fingerprint density at radius 1 is 1.33 bits per heavy atom. The van der Waals surface area contributed by atoms with Crippen LogP contribution in [0.2, 0.25) is 0 Å². The van der Waals surface area contributed by atoms with Gasteiger partial charge in [-0.3, -0.25) is 4.55 Å². The van der Waals surface area contributed by atoms with Gasteiger partial charge in [0.05, 0.1) is 0 Å². The zero-order valence-electron chi connectivity index (χ0n) is 8.90. The fourth-order valence-corrected chi connectivity index (χ4v) is 1.76. The SMILES string of the molecule is CCCCc1ccccc1CNS(=O)O. The van der Waals surface area contributed by atoms with E-state index in [2.05, 4.69) is 17.7 Å². The van der Waals surface area contributed by atoms with Gasteiger partial charge in [0.15, 0.2) is 0 Å². The third kappa shape index (κ3) is 4.55. The average molecular weight is 227 g/mol. The van der Waals surface area contributed by atoms with Crippen molar-refractivity contribution in [1.29, 1.82) is 0 Å². The van der Waals surface area contributed by atoms with Crippen LogP contribution in [0.5, 0.6) is 0 Å². The summed E-state index contributed by atoms with van der Waals surface area (Å²) in [6, 6.07) is 8.02. The van der Waals surface area contributed by atoms with Gasteiger partial charge >= 0.3 is 0 Å². The molecule has 0 saturated carbocycles. The summed E-state index contributed by atoms with van der Waals surface area (Å²) in [6.45, 7) is 2.60. The molecule has 0 bridgehead atoms. The largest absolute Gasteiger partial charge is 0.294 e. The lowest BCUT2D eigenvalue weighted by Crippen LogP contribution is -2.16. The van der Waals surface area contributed by atoms with Gasteiger partial charge in [-0.1, -0.05) is 37.6 Å². The van der Waals surface area contributed by atoms with Crippen LogP contribution in [-0.2, 0) is 24.2 Å². The van der Waals surface area contributed by atoms with Crippen molar-refractivity contribution in [2.45, 2.75) is 32.7 Å². The van der Waals surface area contributed by atoms with Crippen LogP contribution in [0.15, 0.2) is 24.3 Å². The van der Waals surface area contributed by atoms with Crippen LogP contribution >= 0.6 is 0 Å². The second-order valence-corrected chi connectivity index (χ2v) is 4.23. The van der Waals surface area contributed by atoms with E-state index >= 15 is 0 Å². The predicted octanol–water partition coefficient (Wildman–Crippen LogP) is 2.26. The standard InChI is InChI=1S/C11H17NO2S/c1-2-3-6-10-7-4-5-8-11(10)9-12-15(13)14/h4-5,7-8,12H,2-3,6,9H2,1H3,(H,13,14). The molecule has 0 amide bonds. The summed E-state index contributed by atoms with van der Waals surface area (Å²) in [5.41, 5.74) is 2.37. The highest BCUT2D eigenvalue weighted by Gasteiger charge is 2.01. The van der Waals surface area contributed by atoms with Gasteiger partial charge in [-0.05, 0) is 24.0 Å². The van der Waals surface area contributed by atoms with Crippen LogP contribution in [0.25, 0.3) is 0 Å². The molecule has 1 aromatic carbocycles. The molecule has 0 saturated heterocycles. The van der Waals surface area contributed by atoms with Gasteiger partial charge in [0, 0.05) is 6.54 Å². The molecule has 0 aliphatic carbocycles. The Morgan fingerprint density at radius 2 is 2.00 bits per heavy atom. The van der Waals surface area contributed by atoms with Crippen molar-refractivity contribution in [3.05, 3.63) is 35.4 Å². The van der Waals surface area contributed by atoms with Crippen molar-refractivity contribution in [1.82, 2.24) is 4.72 Å². The summed E-state index contributed by atoms with van der Waals surface area (Å²) in [4.78, 5) is 0. The zero-order valence-corrected chi connectivity index (χ0v) is 9.72. The molecule has 1 aromatic rings. The van der Waals surface area contributed by atoms with Crippen LogP contribution in [0.3, 0.4) is 0 Å². The first-order valence-electron chi connectivity index (χ1n) is 5.15. The minimum Gasteiger partial charge on any atom is -0.294 e. The Balaban J connectivity index is 2.63. The zero-order chi connectivity index (χ0) is 11.1. The second kappa shape index (κ2) is 6.71.